The number of hydrogen-bond acceptors (Lipinski definition) is 5. The predicted molar refractivity (Wildman–Crippen MR) is 101 cm³/mol. The van der Waals surface area contributed by atoms with Gasteiger partial charge in [0, 0.05) is 11.6 Å². The van der Waals surface area contributed by atoms with E-state index in [9.17, 15) is 0 Å². The van der Waals surface area contributed by atoms with Gasteiger partial charge in [0.05, 0.1) is 0 Å². The minimum atomic E-state index is 0.235. The molecule has 6 rings (SSSR count). The maximum Gasteiger partial charge on any atom is 0.155 e. The fourth-order valence-corrected chi connectivity index (χ4v) is 6.57. The smallest absolute Gasteiger partial charge is 0.155 e. The van der Waals surface area contributed by atoms with Crippen LogP contribution in [0.15, 0.2) is 6.33 Å². The van der Waals surface area contributed by atoms with Crippen molar-refractivity contribution in [3.05, 3.63) is 6.33 Å². The number of nitrogens with one attached hydrogen (secondary N) is 2. The van der Waals surface area contributed by atoms with Crippen LogP contribution in [-0.4, -0.2) is 21.5 Å². The van der Waals surface area contributed by atoms with Gasteiger partial charge in [0.2, 0.25) is 0 Å². The van der Waals surface area contributed by atoms with E-state index in [-0.39, 0.29) is 5.54 Å². The van der Waals surface area contributed by atoms with Crippen LogP contribution in [0.1, 0.15) is 70.6 Å². The van der Waals surface area contributed by atoms with Gasteiger partial charge in [-0.25, -0.2) is 9.97 Å². The quantitative estimate of drug-likeness (QED) is 0.766. The molecule has 4 bridgehead atoms. The third kappa shape index (κ3) is 2.96. The van der Waals surface area contributed by atoms with Crippen LogP contribution in [0, 0.1) is 17.8 Å². The summed E-state index contributed by atoms with van der Waals surface area (Å²) in [5.41, 5.74) is 7.43. The molecule has 0 saturated heterocycles. The molecule has 136 valence electrons. The molecule has 1 aromatic heterocycles. The molecule has 4 N–H and O–H groups in total. The van der Waals surface area contributed by atoms with Gasteiger partial charge in [0.15, 0.2) is 11.6 Å². The number of nitrogen functional groups attached to an aromatic ring is 1. The molecular weight excluding hydrogens is 310 g/mol. The maximum absolute atomic E-state index is 6.48. The molecule has 0 aromatic carbocycles. The molecule has 0 aliphatic heterocycles. The number of hydrogen-bond donors (Lipinski definition) is 3. The molecule has 5 aliphatic carbocycles. The van der Waals surface area contributed by atoms with E-state index in [4.69, 9.17) is 5.73 Å². The predicted octanol–water partition coefficient (Wildman–Crippen LogP) is 4.18. The first kappa shape index (κ1) is 15.7. The van der Waals surface area contributed by atoms with E-state index in [0.717, 1.165) is 29.4 Å². The molecule has 25 heavy (non-hydrogen) atoms. The SMILES string of the molecule is Nc1c(NC2CCCCC2)ncnc1NC12CC3CC(CC(C3)C1)C2. The molecule has 0 amide bonds. The Labute approximate surface area is 150 Å². The van der Waals surface area contributed by atoms with Gasteiger partial charge in [-0.05, 0) is 69.1 Å². The second kappa shape index (κ2) is 6.03. The molecule has 0 spiro atoms. The molecule has 5 nitrogen and oxygen atoms in total. The van der Waals surface area contributed by atoms with Crippen LogP contribution in [0.3, 0.4) is 0 Å². The van der Waals surface area contributed by atoms with Crippen LogP contribution in [0.4, 0.5) is 17.3 Å². The molecule has 0 unspecified atom stereocenters. The number of nitrogens with two attached hydrogens (primary N) is 1. The Morgan fingerprint density at radius 2 is 1.48 bits per heavy atom. The first-order valence-corrected chi connectivity index (χ1v) is 10.3. The zero-order chi connectivity index (χ0) is 16.9. The lowest BCUT2D eigenvalue weighted by Gasteiger charge is -2.57. The van der Waals surface area contributed by atoms with Gasteiger partial charge in [-0.3, -0.25) is 0 Å². The number of aromatic nitrogens is 2. The Bertz CT molecular complexity index is 602. The van der Waals surface area contributed by atoms with Gasteiger partial charge in [0.1, 0.15) is 12.0 Å². The van der Waals surface area contributed by atoms with Crippen molar-refractivity contribution in [3.63, 3.8) is 0 Å². The van der Waals surface area contributed by atoms with Crippen LogP contribution < -0.4 is 16.4 Å². The average molecular weight is 342 g/mol. The normalized spacial score (nSPS) is 37.2. The van der Waals surface area contributed by atoms with Gasteiger partial charge < -0.3 is 16.4 Å². The highest BCUT2D eigenvalue weighted by molar-refractivity contribution is 5.74. The van der Waals surface area contributed by atoms with Crippen molar-refractivity contribution in [1.82, 2.24) is 9.97 Å². The number of nitrogens with zero attached hydrogens (tertiary/aromatic N) is 2. The summed E-state index contributed by atoms with van der Waals surface area (Å²) in [5, 5.41) is 7.40. The topological polar surface area (TPSA) is 75.9 Å². The highest BCUT2D eigenvalue weighted by Gasteiger charge is 2.51. The summed E-state index contributed by atoms with van der Waals surface area (Å²) in [5.74, 6) is 4.44. The van der Waals surface area contributed by atoms with Crippen molar-refractivity contribution >= 4 is 17.3 Å². The molecule has 1 aromatic rings. The summed E-state index contributed by atoms with van der Waals surface area (Å²) >= 11 is 0. The van der Waals surface area contributed by atoms with E-state index in [2.05, 4.69) is 20.6 Å². The lowest BCUT2D eigenvalue weighted by Crippen LogP contribution is -2.55. The summed E-state index contributed by atoms with van der Waals surface area (Å²) in [6.07, 6.45) is 16.3. The first-order chi connectivity index (χ1) is 12.2. The van der Waals surface area contributed by atoms with Crippen molar-refractivity contribution < 1.29 is 0 Å². The van der Waals surface area contributed by atoms with E-state index in [1.54, 1.807) is 6.33 Å². The molecule has 5 aliphatic rings. The monoisotopic (exact) mass is 341 g/mol. The fourth-order valence-electron chi connectivity index (χ4n) is 6.57. The lowest BCUT2D eigenvalue weighted by atomic mass is 9.53. The molecule has 5 heteroatoms. The zero-order valence-electron chi connectivity index (χ0n) is 15.1. The minimum Gasteiger partial charge on any atom is -0.393 e. The molecule has 5 fully saturated rings. The Hall–Kier alpha value is -1.52. The second-order valence-corrected chi connectivity index (χ2v) is 9.29. The molecular formula is C20H31N5. The summed E-state index contributed by atoms with van der Waals surface area (Å²) in [7, 11) is 0. The minimum absolute atomic E-state index is 0.235. The van der Waals surface area contributed by atoms with E-state index in [0.29, 0.717) is 11.7 Å². The van der Waals surface area contributed by atoms with Crippen LogP contribution in [0.2, 0.25) is 0 Å². The summed E-state index contributed by atoms with van der Waals surface area (Å²) < 4.78 is 0. The number of anilines is 3. The van der Waals surface area contributed by atoms with E-state index < -0.39 is 0 Å². The third-order valence-corrected chi connectivity index (χ3v) is 7.25. The summed E-state index contributed by atoms with van der Waals surface area (Å²) in [4.78, 5) is 8.96. The summed E-state index contributed by atoms with van der Waals surface area (Å²) in [6, 6.07) is 0.512. The van der Waals surface area contributed by atoms with E-state index in [1.165, 1.54) is 70.6 Å². The third-order valence-electron chi connectivity index (χ3n) is 7.25. The Balaban J connectivity index is 1.35. The van der Waals surface area contributed by atoms with Gasteiger partial charge in [-0.1, -0.05) is 19.3 Å². The Morgan fingerprint density at radius 1 is 0.880 bits per heavy atom. The van der Waals surface area contributed by atoms with Crippen LogP contribution >= 0.6 is 0 Å². The van der Waals surface area contributed by atoms with Crippen LogP contribution in [0.5, 0.6) is 0 Å². The van der Waals surface area contributed by atoms with Gasteiger partial charge >= 0.3 is 0 Å². The van der Waals surface area contributed by atoms with Crippen molar-refractivity contribution in [1.29, 1.82) is 0 Å². The van der Waals surface area contributed by atoms with Crippen molar-refractivity contribution in [2.24, 2.45) is 17.8 Å². The van der Waals surface area contributed by atoms with E-state index >= 15 is 0 Å². The average Bonchev–Trinajstić information content (AvgIpc) is 2.58. The van der Waals surface area contributed by atoms with E-state index in [1.807, 2.05) is 0 Å². The van der Waals surface area contributed by atoms with Gasteiger partial charge in [0.25, 0.3) is 0 Å². The Morgan fingerprint density at radius 3 is 2.12 bits per heavy atom. The molecule has 1 heterocycles. The van der Waals surface area contributed by atoms with Gasteiger partial charge in [-0.15, -0.1) is 0 Å². The van der Waals surface area contributed by atoms with Gasteiger partial charge in [-0.2, -0.15) is 0 Å². The standard InChI is InChI=1S/C20H31N5/c21-17-18(24-16-4-2-1-3-5-16)22-12-23-19(17)25-20-9-13-6-14(10-20)8-15(7-13)11-20/h12-16H,1-11,21H2,(H2,22,23,24,25). The fraction of sp³-hybridized carbons (Fsp3) is 0.800. The molecule has 0 radical (unpaired) electrons. The van der Waals surface area contributed by atoms with Crippen molar-refractivity contribution in [2.75, 3.05) is 16.4 Å². The first-order valence-electron chi connectivity index (χ1n) is 10.3. The summed E-state index contributed by atoms with van der Waals surface area (Å²) in [6.45, 7) is 0. The number of rotatable bonds is 4. The van der Waals surface area contributed by atoms with Crippen molar-refractivity contribution in [3.8, 4) is 0 Å². The maximum atomic E-state index is 6.48. The highest BCUT2D eigenvalue weighted by atomic mass is 15.1. The molecule has 0 atom stereocenters. The lowest BCUT2D eigenvalue weighted by molar-refractivity contribution is 0.0106. The highest BCUT2D eigenvalue weighted by Crippen LogP contribution is 2.56. The largest absolute Gasteiger partial charge is 0.393 e. The Kier molecular flexibility index (Phi) is 3.79. The van der Waals surface area contributed by atoms with Crippen LogP contribution in [0.25, 0.3) is 0 Å². The second-order valence-electron chi connectivity index (χ2n) is 9.29. The zero-order valence-corrected chi connectivity index (χ0v) is 15.1. The van der Waals surface area contributed by atoms with Crippen LogP contribution in [-0.2, 0) is 0 Å². The molecule has 5 saturated carbocycles. The van der Waals surface area contributed by atoms with Crippen molar-refractivity contribution in [2.45, 2.75) is 82.2 Å².